The van der Waals surface area contributed by atoms with E-state index in [0.717, 1.165) is 12.2 Å². The first-order chi connectivity index (χ1) is 7.63. The molecule has 0 amide bonds. The molecule has 3 nitrogen and oxygen atoms in total. The quantitative estimate of drug-likeness (QED) is 0.732. The molecular formula is C13H17N3. The fourth-order valence-corrected chi connectivity index (χ4v) is 2.54. The largest absolute Gasteiger partial charge is 0.396 e. The number of benzene rings is 1. The third kappa shape index (κ3) is 1.71. The summed E-state index contributed by atoms with van der Waals surface area (Å²) >= 11 is 0. The summed E-state index contributed by atoms with van der Waals surface area (Å²) in [5, 5.41) is 8.96. The molecule has 1 fully saturated rings. The van der Waals surface area contributed by atoms with Crippen LogP contribution in [0.15, 0.2) is 18.2 Å². The van der Waals surface area contributed by atoms with Crippen molar-refractivity contribution < 1.29 is 0 Å². The fourth-order valence-electron chi connectivity index (χ4n) is 2.54. The second-order valence-corrected chi connectivity index (χ2v) is 4.69. The van der Waals surface area contributed by atoms with Gasteiger partial charge in [0.25, 0.3) is 0 Å². The number of nitriles is 1. The Morgan fingerprint density at radius 1 is 1.44 bits per heavy atom. The Bertz CT molecular complexity index is 433. The standard InChI is InChI=1S/C13H17N3/c1-9-6-10(2)16(8-9)12-5-3-4-11(7-14)13(12)15/h3-5,9-10H,6,8,15H2,1-2H3. The molecule has 0 radical (unpaired) electrons. The molecule has 1 heterocycles. The molecule has 2 unspecified atom stereocenters. The zero-order valence-corrected chi connectivity index (χ0v) is 9.77. The highest BCUT2D eigenvalue weighted by molar-refractivity contribution is 5.74. The van der Waals surface area contributed by atoms with Gasteiger partial charge in [-0.05, 0) is 31.4 Å². The van der Waals surface area contributed by atoms with Gasteiger partial charge in [-0.2, -0.15) is 5.26 Å². The number of rotatable bonds is 1. The third-order valence-corrected chi connectivity index (χ3v) is 3.30. The number of anilines is 2. The van der Waals surface area contributed by atoms with E-state index in [2.05, 4.69) is 24.8 Å². The van der Waals surface area contributed by atoms with Gasteiger partial charge in [-0.1, -0.05) is 13.0 Å². The molecule has 1 aromatic carbocycles. The lowest BCUT2D eigenvalue weighted by molar-refractivity contribution is 0.625. The molecule has 2 N–H and O–H groups in total. The molecule has 2 rings (SSSR count). The van der Waals surface area contributed by atoms with Crippen LogP contribution in [0.5, 0.6) is 0 Å². The minimum absolute atomic E-state index is 0.506. The molecule has 1 saturated heterocycles. The topological polar surface area (TPSA) is 53.0 Å². The Kier molecular flexibility index (Phi) is 2.74. The second-order valence-electron chi connectivity index (χ2n) is 4.69. The molecule has 0 aliphatic carbocycles. The third-order valence-electron chi connectivity index (χ3n) is 3.30. The van der Waals surface area contributed by atoms with Crippen molar-refractivity contribution in [2.45, 2.75) is 26.3 Å². The first kappa shape index (κ1) is 10.8. The van der Waals surface area contributed by atoms with Gasteiger partial charge in [-0.15, -0.1) is 0 Å². The van der Waals surface area contributed by atoms with Crippen LogP contribution in [0.25, 0.3) is 0 Å². The van der Waals surface area contributed by atoms with Gasteiger partial charge in [-0.3, -0.25) is 0 Å². The summed E-state index contributed by atoms with van der Waals surface area (Å²) in [6, 6.07) is 8.31. The van der Waals surface area contributed by atoms with Gasteiger partial charge in [0.1, 0.15) is 6.07 Å². The number of nitrogen functional groups attached to an aromatic ring is 1. The van der Waals surface area contributed by atoms with Crippen LogP contribution >= 0.6 is 0 Å². The van der Waals surface area contributed by atoms with Gasteiger partial charge in [0.15, 0.2) is 0 Å². The fraction of sp³-hybridized carbons (Fsp3) is 0.462. The van der Waals surface area contributed by atoms with Crippen molar-refractivity contribution in [3.05, 3.63) is 23.8 Å². The van der Waals surface area contributed by atoms with Crippen LogP contribution in [0.2, 0.25) is 0 Å². The SMILES string of the molecule is CC1CC(C)N(c2cccc(C#N)c2N)C1. The summed E-state index contributed by atoms with van der Waals surface area (Å²) in [4.78, 5) is 2.31. The van der Waals surface area contributed by atoms with Crippen LogP contribution in [0.4, 0.5) is 11.4 Å². The highest BCUT2D eigenvalue weighted by atomic mass is 15.2. The lowest BCUT2D eigenvalue weighted by atomic mass is 10.1. The molecule has 3 heteroatoms. The van der Waals surface area contributed by atoms with Crippen molar-refractivity contribution >= 4 is 11.4 Å². The zero-order chi connectivity index (χ0) is 11.7. The summed E-state index contributed by atoms with van der Waals surface area (Å²) in [7, 11) is 0. The highest BCUT2D eigenvalue weighted by Gasteiger charge is 2.27. The average Bonchev–Trinajstić information content (AvgIpc) is 2.58. The molecule has 0 aromatic heterocycles. The Morgan fingerprint density at radius 2 is 2.19 bits per heavy atom. The van der Waals surface area contributed by atoms with Crippen LogP contribution < -0.4 is 10.6 Å². The zero-order valence-electron chi connectivity index (χ0n) is 9.77. The Hall–Kier alpha value is -1.69. The Labute approximate surface area is 96.5 Å². The molecular weight excluding hydrogens is 198 g/mol. The minimum atomic E-state index is 0.506. The van der Waals surface area contributed by atoms with E-state index in [1.807, 2.05) is 12.1 Å². The van der Waals surface area contributed by atoms with Gasteiger partial charge in [0, 0.05) is 12.6 Å². The average molecular weight is 215 g/mol. The van der Waals surface area contributed by atoms with Crippen LogP contribution in [-0.2, 0) is 0 Å². The molecule has 1 aliphatic rings. The molecule has 0 spiro atoms. The Balaban J connectivity index is 2.38. The van der Waals surface area contributed by atoms with Crippen molar-refractivity contribution in [1.82, 2.24) is 0 Å². The number of nitrogens with zero attached hydrogens (tertiary/aromatic N) is 2. The second kappa shape index (κ2) is 4.05. The number of hydrogen-bond acceptors (Lipinski definition) is 3. The van der Waals surface area contributed by atoms with Gasteiger partial charge in [0.05, 0.1) is 16.9 Å². The van der Waals surface area contributed by atoms with E-state index in [1.165, 1.54) is 6.42 Å². The van der Waals surface area contributed by atoms with Crippen LogP contribution in [-0.4, -0.2) is 12.6 Å². The molecule has 1 aromatic rings. The molecule has 16 heavy (non-hydrogen) atoms. The molecule has 1 aliphatic heterocycles. The van der Waals surface area contributed by atoms with E-state index >= 15 is 0 Å². The maximum Gasteiger partial charge on any atom is 0.101 e. The van der Waals surface area contributed by atoms with E-state index < -0.39 is 0 Å². The van der Waals surface area contributed by atoms with E-state index in [1.54, 1.807) is 6.07 Å². The summed E-state index contributed by atoms with van der Waals surface area (Å²) in [6.07, 6.45) is 1.19. The molecule has 0 bridgehead atoms. The maximum absolute atomic E-state index is 8.96. The first-order valence-electron chi connectivity index (χ1n) is 5.68. The summed E-state index contributed by atoms with van der Waals surface area (Å²) in [6.45, 7) is 5.49. The molecule has 84 valence electrons. The van der Waals surface area contributed by atoms with Crippen molar-refractivity contribution in [1.29, 1.82) is 5.26 Å². The van der Waals surface area contributed by atoms with Gasteiger partial charge in [-0.25, -0.2) is 0 Å². The van der Waals surface area contributed by atoms with Crippen LogP contribution in [0, 0.1) is 17.2 Å². The van der Waals surface area contributed by atoms with E-state index in [4.69, 9.17) is 11.0 Å². The van der Waals surface area contributed by atoms with Crippen molar-refractivity contribution in [3.63, 3.8) is 0 Å². The van der Waals surface area contributed by atoms with Crippen LogP contribution in [0.1, 0.15) is 25.8 Å². The minimum Gasteiger partial charge on any atom is -0.396 e. The van der Waals surface area contributed by atoms with Crippen molar-refractivity contribution in [2.75, 3.05) is 17.2 Å². The maximum atomic E-state index is 8.96. The van der Waals surface area contributed by atoms with E-state index in [9.17, 15) is 0 Å². The first-order valence-corrected chi connectivity index (χ1v) is 5.68. The summed E-state index contributed by atoms with van der Waals surface area (Å²) in [5.41, 5.74) is 8.22. The lowest BCUT2D eigenvalue weighted by Gasteiger charge is -2.25. The van der Waals surface area contributed by atoms with Gasteiger partial charge < -0.3 is 10.6 Å². The normalized spacial score (nSPS) is 24.4. The predicted molar refractivity (Wildman–Crippen MR) is 66.2 cm³/mol. The summed E-state index contributed by atoms with van der Waals surface area (Å²) in [5.74, 6) is 0.695. The number of para-hydroxylation sites is 1. The van der Waals surface area contributed by atoms with E-state index in [0.29, 0.717) is 23.2 Å². The Morgan fingerprint density at radius 3 is 2.75 bits per heavy atom. The van der Waals surface area contributed by atoms with Crippen molar-refractivity contribution in [2.24, 2.45) is 5.92 Å². The molecule has 0 saturated carbocycles. The smallest absolute Gasteiger partial charge is 0.101 e. The van der Waals surface area contributed by atoms with E-state index in [-0.39, 0.29) is 0 Å². The van der Waals surface area contributed by atoms with Gasteiger partial charge >= 0.3 is 0 Å². The lowest BCUT2D eigenvalue weighted by Crippen LogP contribution is -2.27. The monoisotopic (exact) mass is 215 g/mol. The number of nitrogens with two attached hydrogens (primary N) is 1. The predicted octanol–water partition coefficient (Wildman–Crippen LogP) is 2.38. The summed E-state index contributed by atoms with van der Waals surface area (Å²) < 4.78 is 0. The number of hydrogen-bond donors (Lipinski definition) is 1. The van der Waals surface area contributed by atoms with Crippen LogP contribution in [0.3, 0.4) is 0 Å². The van der Waals surface area contributed by atoms with Crippen molar-refractivity contribution in [3.8, 4) is 6.07 Å². The molecule has 2 atom stereocenters. The highest BCUT2D eigenvalue weighted by Crippen LogP contribution is 2.33. The van der Waals surface area contributed by atoms with Gasteiger partial charge in [0.2, 0.25) is 0 Å².